The highest BCUT2D eigenvalue weighted by atomic mass is 35.5. The summed E-state index contributed by atoms with van der Waals surface area (Å²) in [4.78, 5) is 19.2. The second kappa shape index (κ2) is 8.35. The Morgan fingerprint density at radius 2 is 1.74 bits per heavy atom. The first-order chi connectivity index (χ1) is 12.5. The van der Waals surface area contributed by atoms with E-state index in [2.05, 4.69) is 15.4 Å². The predicted octanol–water partition coefficient (Wildman–Crippen LogP) is 3.38. The lowest BCUT2D eigenvalue weighted by atomic mass is 9.92. The first kappa shape index (κ1) is 20.4. The molecule has 6 nitrogen and oxygen atoms in total. The molecule has 0 spiro atoms. The fourth-order valence-corrected chi connectivity index (χ4v) is 4.50. The number of carbonyl (C=O) groups is 1. The number of aromatic nitrogens is 3. The highest BCUT2D eigenvalue weighted by Gasteiger charge is 2.32. The lowest BCUT2D eigenvalue weighted by Gasteiger charge is -2.19. The van der Waals surface area contributed by atoms with Gasteiger partial charge in [0, 0.05) is 13.1 Å². The second-order valence-electron chi connectivity index (χ2n) is 7.01. The molecule has 2 aromatic rings. The van der Waals surface area contributed by atoms with Crippen LogP contribution >= 0.6 is 35.6 Å². The standard InChI is InChI=1S/C18H21Cl2N5O.ClH/c1-11-22-17(23-25(11)16-14(19)3-2-4-15(16)20)18(26)24-7-5-12-9-21-10-13(12)6-8-24;/h2-4,12-13,21H,5-10H2,1H3;1H/t12-,13+;. The Labute approximate surface area is 174 Å². The van der Waals surface area contributed by atoms with Crippen LogP contribution in [0.2, 0.25) is 10.0 Å². The largest absolute Gasteiger partial charge is 0.336 e. The summed E-state index contributed by atoms with van der Waals surface area (Å²) in [6.07, 6.45) is 2.05. The summed E-state index contributed by atoms with van der Waals surface area (Å²) < 4.78 is 1.55. The molecule has 1 aromatic carbocycles. The minimum atomic E-state index is -0.122. The normalized spacial score (nSPS) is 22.1. The van der Waals surface area contributed by atoms with E-state index in [-0.39, 0.29) is 24.1 Å². The third kappa shape index (κ3) is 3.94. The molecule has 2 fully saturated rings. The molecular weight excluding hydrogens is 409 g/mol. The van der Waals surface area contributed by atoms with Crippen molar-refractivity contribution in [3.8, 4) is 5.69 Å². The minimum Gasteiger partial charge on any atom is -0.336 e. The molecule has 2 aliphatic heterocycles. The molecule has 1 aromatic heterocycles. The van der Waals surface area contributed by atoms with E-state index in [9.17, 15) is 4.79 Å². The number of carbonyl (C=O) groups excluding carboxylic acids is 1. The molecule has 2 saturated heterocycles. The van der Waals surface area contributed by atoms with Crippen LogP contribution < -0.4 is 5.32 Å². The molecule has 2 aliphatic rings. The summed E-state index contributed by atoms with van der Waals surface area (Å²) in [5.41, 5.74) is 0.552. The molecule has 0 aliphatic carbocycles. The number of rotatable bonds is 2. The van der Waals surface area contributed by atoms with Crippen LogP contribution in [0.3, 0.4) is 0 Å². The number of halogens is 3. The fraction of sp³-hybridized carbons (Fsp3) is 0.500. The number of amides is 1. The zero-order valence-corrected chi connectivity index (χ0v) is 17.3. The van der Waals surface area contributed by atoms with Crippen LogP contribution in [0.1, 0.15) is 29.3 Å². The number of aryl methyl sites for hydroxylation is 1. The number of hydrogen-bond acceptors (Lipinski definition) is 4. The average Bonchev–Trinajstić information content (AvgIpc) is 3.16. The van der Waals surface area contributed by atoms with Gasteiger partial charge in [-0.15, -0.1) is 17.5 Å². The fourth-order valence-electron chi connectivity index (χ4n) is 3.95. The van der Waals surface area contributed by atoms with Gasteiger partial charge >= 0.3 is 0 Å². The highest BCUT2D eigenvalue weighted by molar-refractivity contribution is 6.37. The van der Waals surface area contributed by atoms with E-state index in [0.717, 1.165) is 39.0 Å². The Balaban J connectivity index is 0.00000210. The Bertz CT molecular complexity index is 806. The molecule has 27 heavy (non-hydrogen) atoms. The average molecular weight is 431 g/mol. The van der Waals surface area contributed by atoms with Crippen LogP contribution in [0.4, 0.5) is 0 Å². The summed E-state index contributed by atoms with van der Waals surface area (Å²) in [6.45, 7) is 5.42. The monoisotopic (exact) mass is 429 g/mol. The summed E-state index contributed by atoms with van der Waals surface area (Å²) in [5.74, 6) is 2.00. The molecule has 3 heterocycles. The van der Waals surface area contributed by atoms with E-state index < -0.39 is 0 Å². The zero-order chi connectivity index (χ0) is 18.3. The summed E-state index contributed by atoms with van der Waals surface area (Å²) in [5, 5.41) is 8.81. The van der Waals surface area contributed by atoms with Crippen molar-refractivity contribution in [1.82, 2.24) is 25.0 Å². The van der Waals surface area contributed by atoms with Crippen LogP contribution in [-0.2, 0) is 0 Å². The molecule has 146 valence electrons. The van der Waals surface area contributed by atoms with Gasteiger partial charge in [0.15, 0.2) is 0 Å². The zero-order valence-electron chi connectivity index (χ0n) is 15.0. The van der Waals surface area contributed by atoms with Crippen molar-refractivity contribution in [2.24, 2.45) is 11.8 Å². The van der Waals surface area contributed by atoms with Gasteiger partial charge in [-0.05, 0) is 56.8 Å². The Morgan fingerprint density at radius 1 is 1.15 bits per heavy atom. The molecule has 1 N–H and O–H groups in total. The molecule has 9 heteroatoms. The van der Waals surface area contributed by atoms with Crippen LogP contribution in [0.15, 0.2) is 18.2 Å². The van der Waals surface area contributed by atoms with Gasteiger partial charge in [-0.1, -0.05) is 29.3 Å². The van der Waals surface area contributed by atoms with Gasteiger partial charge in [0.05, 0.1) is 10.0 Å². The number of benzene rings is 1. The number of hydrogen-bond donors (Lipinski definition) is 1. The highest BCUT2D eigenvalue weighted by Crippen LogP contribution is 2.29. The smallest absolute Gasteiger partial charge is 0.293 e. The van der Waals surface area contributed by atoms with Crippen molar-refractivity contribution in [3.63, 3.8) is 0 Å². The van der Waals surface area contributed by atoms with Crippen LogP contribution in [0.5, 0.6) is 0 Å². The molecule has 1 amide bonds. The molecule has 2 atom stereocenters. The maximum Gasteiger partial charge on any atom is 0.293 e. The van der Waals surface area contributed by atoms with Gasteiger partial charge in [-0.2, -0.15) is 0 Å². The third-order valence-electron chi connectivity index (χ3n) is 5.42. The van der Waals surface area contributed by atoms with Crippen molar-refractivity contribution >= 4 is 41.5 Å². The van der Waals surface area contributed by atoms with E-state index in [0.29, 0.717) is 33.4 Å². The molecule has 0 unspecified atom stereocenters. The minimum absolute atomic E-state index is 0. The van der Waals surface area contributed by atoms with Crippen LogP contribution in [-0.4, -0.2) is 51.8 Å². The van der Waals surface area contributed by atoms with E-state index in [1.165, 1.54) is 0 Å². The number of para-hydroxylation sites is 1. The van der Waals surface area contributed by atoms with Gasteiger partial charge in [-0.25, -0.2) is 9.67 Å². The predicted molar refractivity (Wildman–Crippen MR) is 108 cm³/mol. The number of nitrogens with one attached hydrogen (secondary N) is 1. The van der Waals surface area contributed by atoms with Gasteiger partial charge < -0.3 is 10.2 Å². The van der Waals surface area contributed by atoms with Gasteiger partial charge in [0.2, 0.25) is 5.82 Å². The van der Waals surface area contributed by atoms with E-state index in [4.69, 9.17) is 23.2 Å². The van der Waals surface area contributed by atoms with Gasteiger partial charge in [0.25, 0.3) is 5.91 Å². The maximum atomic E-state index is 12.9. The topological polar surface area (TPSA) is 63.1 Å². The SMILES string of the molecule is Cc1nc(C(=O)N2CC[C@@H]3CNC[C@@H]3CC2)nn1-c1c(Cl)cccc1Cl.Cl. The third-order valence-corrected chi connectivity index (χ3v) is 6.03. The van der Waals surface area contributed by atoms with Crippen LogP contribution in [0.25, 0.3) is 5.69 Å². The Hall–Kier alpha value is -1.34. The van der Waals surface area contributed by atoms with Crippen molar-refractivity contribution in [1.29, 1.82) is 0 Å². The Morgan fingerprint density at radius 3 is 2.33 bits per heavy atom. The molecular formula is C18H22Cl3N5O. The summed E-state index contributed by atoms with van der Waals surface area (Å²) >= 11 is 12.6. The van der Waals surface area contributed by atoms with Crippen molar-refractivity contribution < 1.29 is 4.79 Å². The van der Waals surface area contributed by atoms with E-state index >= 15 is 0 Å². The lowest BCUT2D eigenvalue weighted by Crippen LogP contribution is -2.33. The van der Waals surface area contributed by atoms with Gasteiger partial charge in [0.1, 0.15) is 11.5 Å². The molecule has 4 rings (SSSR count). The number of fused-ring (bicyclic) bond motifs is 1. The van der Waals surface area contributed by atoms with Crippen molar-refractivity contribution in [2.75, 3.05) is 26.2 Å². The van der Waals surface area contributed by atoms with E-state index in [1.54, 1.807) is 29.8 Å². The molecule has 0 saturated carbocycles. The maximum absolute atomic E-state index is 12.9. The van der Waals surface area contributed by atoms with Crippen molar-refractivity contribution in [2.45, 2.75) is 19.8 Å². The molecule has 0 bridgehead atoms. The Kier molecular flexibility index (Phi) is 6.31. The lowest BCUT2D eigenvalue weighted by molar-refractivity contribution is 0.0746. The first-order valence-electron chi connectivity index (χ1n) is 8.92. The summed E-state index contributed by atoms with van der Waals surface area (Å²) in [7, 11) is 0. The van der Waals surface area contributed by atoms with Gasteiger partial charge in [-0.3, -0.25) is 4.79 Å². The molecule has 0 radical (unpaired) electrons. The summed E-state index contributed by atoms with van der Waals surface area (Å²) in [6, 6.07) is 5.26. The first-order valence-corrected chi connectivity index (χ1v) is 9.68. The quantitative estimate of drug-likeness (QED) is 0.793. The van der Waals surface area contributed by atoms with Crippen molar-refractivity contribution in [3.05, 3.63) is 39.9 Å². The second-order valence-corrected chi connectivity index (χ2v) is 7.83. The van der Waals surface area contributed by atoms with E-state index in [1.807, 2.05) is 4.90 Å². The van der Waals surface area contributed by atoms with Crippen LogP contribution in [0, 0.1) is 18.8 Å². The number of nitrogens with zero attached hydrogens (tertiary/aromatic N) is 4. The number of likely N-dealkylation sites (tertiary alicyclic amines) is 1.